The molecule has 4 heterocycles. The summed E-state index contributed by atoms with van der Waals surface area (Å²) in [4.78, 5) is 73.9. The van der Waals surface area contributed by atoms with Gasteiger partial charge in [-0.1, -0.05) is 76.9 Å². The summed E-state index contributed by atoms with van der Waals surface area (Å²) >= 11 is 0. The number of fused-ring (bicyclic) bond motifs is 2. The fraction of sp³-hybridized carbons (Fsp3) is 0.500. The Balaban J connectivity index is 0.955. The van der Waals surface area contributed by atoms with Crippen molar-refractivity contribution in [2.24, 2.45) is 17.8 Å². The topological polar surface area (TPSA) is 175 Å². The summed E-state index contributed by atoms with van der Waals surface area (Å²) in [6.07, 6.45) is 10.8. The van der Waals surface area contributed by atoms with E-state index in [1.165, 1.54) is 42.0 Å². The number of nitrogens with one attached hydrogen (secondary N) is 4. The van der Waals surface area contributed by atoms with Gasteiger partial charge in [-0.3, -0.25) is 9.59 Å². The third-order valence-corrected chi connectivity index (χ3v) is 14.7. The Hall–Kier alpha value is -6.18. The van der Waals surface area contributed by atoms with Crippen molar-refractivity contribution in [3.63, 3.8) is 0 Å². The lowest BCUT2D eigenvalue weighted by Crippen LogP contribution is -2.53. The van der Waals surface area contributed by atoms with Crippen molar-refractivity contribution < 1.29 is 28.7 Å². The number of nitrogens with zero attached hydrogens (tertiary/aromatic N) is 4. The van der Waals surface area contributed by atoms with Gasteiger partial charge in [0.15, 0.2) is 0 Å². The SMILES string of the molecule is COC(=O)NC(C(=O)N1CCCC1c1ncc(-c2cc3ccc2CCc2ccc(c(-c4ccc5nc(C6CC7CCCCC7N6C(=O)C(NC(=O)OC)C(C)C)[nH]c5c4)c2)CC3)[nH]1)C(C)C. The van der Waals surface area contributed by atoms with E-state index in [1.54, 1.807) is 0 Å². The van der Waals surface area contributed by atoms with E-state index in [1.807, 2.05) is 43.7 Å². The van der Waals surface area contributed by atoms with Crippen LogP contribution in [0.15, 0.2) is 60.8 Å². The van der Waals surface area contributed by atoms with E-state index in [2.05, 4.69) is 75.2 Å². The predicted molar refractivity (Wildman–Crippen MR) is 252 cm³/mol. The number of H-pyrrole nitrogens is 2. The van der Waals surface area contributed by atoms with Crippen LogP contribution in [0.5, 0.6) is 0 Å². The molecule has 14 heteroatoms. The maximum atomic E-state index is 14.4. The van der Waals surface area contributed by atoms with Crippen LogP contribution in [0.4, 0.5) is 9.59 Å². The fourth-order valence-electron chi connectivity index (χ4n) is 11.1. The van der Waals surface area contributed by atoms with E-state index in [-0.39, 0.29) is 41.8 Å². The Morgan fingerprint density at radius 2 is 1.35 bits per heavy atom. The normalized spacial score (nSPS) is 21.4. The molecule has 3 aromatic carbocycles. The lowest BCUT2D eigenvalue weighted by atomic mass is 9.84. The summed E-state index contributed by atoms with van der Waals surface area (Å²) in [5.74, 6) is 1.54. The van der Waals surface area contributed by atoms with Crippen LogP contribution in [0.1, 0.15) is 119 Å². The Bertz CT molecular complexity index is 2620. The van der Waals surface area contributed by atoms with E-state index >= 15 is 0 Å². The van der Waals surface area contributed by atoms with E-state index in [4.69, 9.17) is 19.4 Å². The largest absolute Gasteiger partial charge is 0.453 e. The summed E-state index contributed by atoms with van der Waals surface area (Å²) in [6.45, 7) is 8.36. The Kier molecular flexibility index (Phi) is 12.9. The van der Waals surface area contributed by atoms with Gasteiger partial charge in [0.05, 0.1) is 49.2 Å². The molecule has 12 rings (SSSR count). The Labute approximate surface area is 387 Å². The number of methoxy groups -OCH3 is 2. The van der Waals surface area contributed by atoms with Crippen LogP contribution in [0, 0.1) is 17.8 Å². The van der Waals surface area contributed by atoms with Crippen LogP contribution >= 0.6 is 0 Å². The van der Waals surface area contributed by atoms with Gasteiger partial charge in [-0.2, -0.15) is 0 Å². The number of alkyl carbamates (subject to hydrolysis) is 2. The number of likely N-dealkylation sites (tertiary alicyclic amines) is 2. The average Bonchev–Trinajstić information content (AvgIpc) is 4.15. The number of carbonyl (C=O) groups excluding carboxylic acids is 4. The van der Waals surface area contributed by atoms with Crippen molar-refractivity contribution in [1.82, 2.24) is 40.4 Å². The van der Waals surface area contributed by atoms with Crippen LogP contribution < -0.4 is 10.6 Å². The van der Waals surface area contributed by atoms with Crippen LogP contribution in [0.25, 0.3) is 33.4 Å². The van der Waals surface area contributed by atoms with E-state index in [0.29, 0.717) is 12.5 Å². The number of benzene rings is 3. The second kappa shape index (κ2) is 19.0. The standard InChI is InChI=1S/C52H64N8O6/c1-29(2)45(57-51(63)65-5)49(61)59-23-9-12-43(59)47-53-28-41(56-47)38-25-32-14-18-33-17-13-31(15-19-34(38)20-16-32)24-37(33)35-21-22-39-40(26-35)55-48(54-39)44-27-36-10-7-8-11-42(36)60(44)50(62)46(30(3)4)58-52(64)66-6/h13,16-17,20-22,24-26,28-30,36,42-46H,7-12,14-15,18-19,23,27H2,1-6H3,(H,53,56)(H,54,55)(H,57,63)(H,58,64). The molecule has 66 heavy (non-hydrogen) atoms. The summed E-state index contributed by atoms with van der Waals surface area (Å²) < 4.78 is 9.74. The number of hydrogen-bond acceptors (Lipinski definition) is 8. The minimum Gasteiger partial charge on any atom is -0.453 e. The summed E-state index contributed by atoms with van der Waals surface area (Å²) in [6, 6.07) is 18.5. The Morgan fingerprint density at radius 3 is 2.03 bits per heavy atom. The number of rotatable bonds is 10. The lowest BCUT2D eigenvalue weighted by Gasteiger charge is -2.36. The van der Waals surface area contributed by atoms with Crippen molar-refractivity contribution >= 4 is 35.0 Å². The first-order valence-corrected chi connectivity index (χ1v) is 24.0. The Morgan fingerprint density at radius 1 is 0.697 bits per heavy atom. The molecule has 348 valence electrons. The number of hydrogen-bond donors (Lipinski definition) is 4. The number of aryl methyl sites for hydroxylation is 4. The monoisotopic (exact) mass is 896 g/mol. The summed E-state index contributed by atoms with van der Waals surface area (Å²) in [5, 5.41) is 5.57. The quantitative estimate of drug-likeness (QED) is 0.108. The highest BCUT2D eigenvalue weighted by atomic mass is 16.5. The highest BCUT2D eigenvalue weighted by molar-refractivity contribution is 5.88. The molecule has 2 aromatic heterocycles. The molecule has 6 atom stereocenters. The molecular weight excluding hydrogens is 833 g/mol. The highest BCUT2D eigenvalue weighted by Crippen LogP contribution is 2.47. The van der Waals surface area contributed by atoms with E-state index in [9.17, 15) is 19.2 Å². The zero-order valence-electron chi connectivity index (χ0n) is 39.1. The molecule has 4 N–H and O–H groups in total. The van der Waals surface area contributed by atoms with Gasteiger partial charge >= 0.3 is 12.2 Å². The molecule has 1 saturated carbocycles. The van der Waals surface area contributed by atoms with E-state index in [0.717, 1.165) is 110 Å². The van der Waals surface area contributed by atoms with Gasteiger partial charge in [-0.15, -0.1) is 0 Å². The zero-order valence-corrected chi connectivity index (χ0v) is 39.1. The van der Waals surface area contributed by atoms with Gasteiger partial charge < -0.3 is 39.9 Å². The molecule has 3 fully saturated rings. The van der Waals surface area contributed by atoms with Gasteiger partial charge in [-0.05, 0) is 127 Å². The van der Waals surface area contributed by atoms with Crippen molar-refractivity contribution in [3.8, 4) is 22.4 Å². The van der Waals surface area contributed by atoms with Crippen LogP contribution in [0.2, 0.25) is 0 Å². The molecule has 2 saturated heterocycles. The van der Waals surface area contributed by atoms with Crippen molar-refractivity contribution in [3.05, 3.63) is 94.7 Å². The van der Waals surface area contributed by atoms with Gasteiger partial charge in [-0.25, -0.2) is 19.6 Å². The number of aromatic nitrogens is 4. The smallest absolute Gasteiger partial charge is 0.407 e. The predicted octanol–water partition coefficient (Wildman–Crippen LogP) is 8.76. The zero-order chi connectivity index (χ0) is 46.2. The molecule has 4 amide bonds. The highest BCUT2D eigenvalue weighted by Gasteiger charge is 2.48. The van der Waals surface area contributed by atoms with Gasteiger partial charge in [0.1, 0.15) is 23.7 Å². The number of carbonyl (C=O) groups is 4. The van der Waals surface area contributed by atoms with Gasteiger partial charge in [0.2, 0.25) is 11.8 Å². The summed E-state index contributed by atoms with van der Waals surface area (Å²) in [5.41, 5.74) is 11.2. The molecule has 5 aromatic rings. The fourth-order valence-corrected chi connectivity index (χ4v) is 11.1. The molecule has 7 aliphatic rings. The first-order chi connectivity index (χ1) is 31.9. The van der Waals surface area contributed by atoms with Gasteiger partial charge in [0.25, 0.3) is 0 Å². The third-order valence-electron chi connectivity index (χ3n) is 14.7. The second-order valence-electron chi connectivity index (χ2n) is 19.5. The maximum absolute atomic E-state index is 14.4. The number of amides is 4. The van der Waals surface area contributed by atoms with Gasteiger partial charge in [0, 0.05) is 18.2 Å². The molecular formula is C52H64N8O6. The number of imidazole rings is 2. The average molecular weight is 897 g/mol. The molecule has 6 unspecified atom stereocenters. The minimum absolute atomic E-state index is 0.0715. The number of ether oxygens (including phenoxy) is 2. The van der Waals surface area contributed by atoms with Crippen LogP contribution in [0.3, 0.4) is 0 Å². The first kappa shape index (κ1) is 45.0. The van der Waals surface area contributed by atoms with Crippen LogP contribution in [-0.4, -0.2) is 92.6 Å². The van der Waals surface area contributed by atoms with Crippen molar-refractivity contribution in [1.29, 1.82) is 0 Å². The minimum atomic E-state index is -0.695. The van der Waals surface area contributed by atoms with Crippen LogP contribution in [-0.2, 0) is 44.7 Å². The van der Waals surface area contributed by atoms with Crippen molar-refractivity contribution in [2.45, 2.75) is 129 Å². The van der Waals surface area contributed by atoms with Crippen molar-refractivity contribution in [2.75, 3.05) is 20.8 Å². The van der Waals surface area contributed by atoms with E-state index < -0.39 is 24.3 Å². The molecule has 2 aliphatic heterocycles. The lowest BCUT2D eigenvalue weighted by molar-refractivity contribution is -0.138. The molecule has 0 spiro atoms. The number of aromatic amines is 2. The molecule has 14 nitrogen and oxygen atoms in total. The first-order valence-electron chi connectivity index (χ1n) is 24.0. The molecule has 4 bridgehead atoms. The molecule has 5 aliphatic carbocycles. The third kappa shape index (κ3) is 8.90. The maximum Gasteiger partial charge on any atom is 0.407 e. The second-order valence-corrected chi connectivity index (χ2v) is 19.5. The summed E-state index contributed by atoms with van der Waals surface area (Å²) in [7, 11) is 2.63. The molecule has 0 radical (unpaired) electrons.